The van der Waals surface area contributed by atoms with Crippen LogP contribution in [0.2, 0.25) is 0 Å². The van der Waals surface area contributed by atoms with Crippen molar-refractivity contribution in [3.8, 4) is 0 Å². The van der Waals surface area contributed by atoms with Gasteiger partial charge in [0.25, 0.3) is 0 Å². The molecule has 4 aliphatic rings. The van der Waals surface area contributed by atoms with Crippen molar-refractivity contribution in [2.24, 2.45) is 11.8 Å². The molecule has 0 aromatic heterocycles. The predicted octanol–water partition coefficient (Wildman–Crippen LogP) is 1.88. The van der Waals surface area contributed by atoms with Crippen LogP contribution >= 0.6 is 0 Å². The first-order chi connectivity index (χ1) is 13.7. The lowest BCUT2D eigenvalue weighted by molar-refractivity contribution is -0.120. The first-order valence-electron chi connectivity index (χ1n) is 9.93. The van der Waals surface area contributed by atoms with E-state index in [2.05, 4.69) is 33.4 Å². The number of hydrogen-bond donors (Lipinski definition) is 4. The van der Waals surface area contributed by atoms with Gasteiger partial charge in [-0.15, -0.1) is 0 Å². The van der Waals surface area contributed by atoms with Crippen molar-refractivity contribution in [1.29, 1.82) is 0 Å². The zero-order chi connectivity index (χ0) is 19.1. The van der Waals surface area contributed by atoms with Crippen LogP contribution in [0.25, 0.3) is 0 Å². The molecule has 2 amide bonds. The molecule has 0 radical (unpaired) electrons. The molecule has 6 heteroatoms. The lowest BCUT2D eigenvalue weighted by atomic mass is 9.84. The van der Waals surface area contributed by atoms with E-state index >= 15 is 0 Å². The topological polar surface area (TPSA) is 82.3 Å². The van der Waals surface area contributed by atoms with Gasteiger partial charge in [0.15, 0.2) is 0 Å². The van der Waals surface area contributed by atoms with Crippen molar-refractivity contribution in [2.45, 2.75) is 11.8 Å². The summed E-state index contributed by atoms with van der Waals surface area (Å²) < 4.78 is 0. The number of fused-ring (bicyclic) bond motifs is 6. The monoisotopic (exact) mass is 376 g/mol. The SMILES string of the molecule is O=C1Nc2ccccc2[C@@H]2CNC[C@@H]12.O=C1Nc2ccccc2[C@H]2CNC[C@H]12. The van der Waals surface area contributed by atoms with E-state index in [9.17, 15) is 9.59 Å². The Morgan fingerprint density at radius 3 is 1.43 bits per heavy atom. The molecule has 2 saturated heterocycles. The highest BCUT2D eigenvalue weighted by molar-refractivity contribution is 5.97. The fourth-order valence-electron chi connectivity index (χ4n) is 4.88. The molecule has 0 unspecified atom stereocenters. The number of anilines is 2. The molecule has 6 nitrogen and oxygen atoms in total. The Morgan fingerprint density at radius 1 is 0.571 bits per heavy atom. The Labute approximate surface area is 164 Å². The fourth-order valence-corrected chi connectivity index (χ4v) is 4.88. The van der Waals surface area contributed by atoms with Crippen LogP contribution in [0, 0.1) is 11.8 Å². The number of carbonyl (C=O) groups excluding carboxylic acids is 2. The van der Waals surface area contributed by atoms with Gasteiger partial charge in [0, 0.05) is 49.4 Å². The fraction of sp³-hybridized carbons (Fsp3) is 0.364. The van der Waals surface area contributed by atoms with Crippen LogP contribution in [0.1, 0.15) is 23.0 Å². The third-order valence-corrected chi connectivity index (χ3v) is 6.34. The van der Waals surface area contributed by atoms with Gasteiger partial charge in [0.1, 0.15) is 0 Å². The summed E-state index contributed by atoms with van der Waals surface area (Å²) in [5.41, 5.74) is 4.54. The highest BCUT2D eigenvalue weighted by Crippen LogP contribution is 2.38. The maximum Gasteiger partial charge on any atom is 0.229 e. The summed E-state index contributed by atoms with van der Waals surface area (Å²) in [6.45, 7) is 3.47. The first-order valence-corrected chi connectivity index (χ1v) is 9.93. The first kappa shape index (κ1) is 17.4. The molecule has 0 aliphatic carbocycles. The molecule has 0 bridgehead atoms. The largest absolute Gasteiger partial charge is 0.326 e. The number of para-hydroxylation sites is 2. The summed E-state index contributed by atoms with van der Waals surface area (Å²) in [4.78, 5) is 23.4. The lowest BCUT2D eigenvalue weighted by Gasteiger charge is -2.26. The van der Waals surface area contributed by atoms with Crippen LogP contribution in [-0.2, 0) is 9.59 Å². The van der Waals surface area contributed by atoms with Crippen LogP contribution in [0.5, 0.6) is 0 Å². The molecule has 0 spiro atoms. The van der Waals surface area contributed by atoms with Crippen molar-refractivity contribution in [1.82, 2.24) is 10.6 Å². The summed E-state index contributed by atoms with van der Waals surface area (Å²) in [6.07, 6.45) is 0. The number of nitrogens with one attached hydrogen (secondary N) is 4. The van der Waals surface area contributed by atoms with Gasteiger partial charge in [0.2, 0.25) is 11.8 Å². The molecule has 144 valence electrons. The summed E-state index contributed by atoms with van der Waals surface area (Å²) in [5, 5.41) is 12.5. The summed E-state index contributed by atoms with van der Waals surface area (Å²) in [5.74, 6) is 1.34. The van der Waals surface area contributed by atoms with Crippen molar-refractivity contribution in [2.75, 3.05) is 36.8 Å². The molecule has 4 atom stereocenters. The summed E-state index contributed by atoms with van der Waals surface area (Å²) >= 11 is 0. The van der Waals surface area contributed by atoms with Crippen molar-refractivity contribution in [3.05, 3.63) is 59.7 Å². The zero-order valence-electron chi connectivity index (χ0n) is 15.6. The lowest BCUT2D eigenvalue weighted by Crippen LogP contribution is -2.32. The van der Waals surface area contributed by atoms with Gasteiger partial charge in [-0.1, -0.05) is 36.4 Å². The third-order valence-electron chi connectivity index (χ3n) is 6.34. The minimum atomic E-state index is 0.130. The Bertz CT molecular complexity index is 853. The second kappa shape index (κ2) is 7.04. The van der Waals surface area contributed by atoms with Crippen LogP contribution in [0.3, 0.4) is 0 Å². The minimum absolute atomic E-state index is 0.130. The van der Waals surface area contributed by atoms with E-state index < -0.39 is 0 Å². The van der Waals surface area contributed by atoms with Gasteiger partial charge >= 0.3 is 0 Å². The maximum atomic E-state index is 11.7. The molecule has 2 fully saturated rings. The maximum absolute atomic E-state index is 11.7. The molecule has 4 N–H and O–H groups in total. The van der Waals surface area contributed by atoms with E-state index in [-0.39, 0.29) is 23.7 Å². The van der Waals surface area contributed by atoms with E-state index in [1.54, 1.807) is 0 Å². The zero-order valence-corrected chi connectivity index (χ0v) is 15.6. The molecule has 6 rings (SSSR count). The van der Waals surface area contributed by atoms with Gasteiger partial charge in [-0.25, -0.2) is 0 Å². The van der Waals surface area contributed by atoms with Gasteiger partial charge in [0.05, 0.1) is 11.8 Å². The van der Waals surface area contributed by atoms with Crippen LogP contribution < -0.4 is 21.3 Å². The molecule has 2 aromatic carbocycles. The second-order valence-electron chi connectivity index (χ2n) is 7.90. The number of benzene rings is 2. The highest BCUT2D eigenvalue weighted by Gasteiger charge is 2.39. The Balaban J connectivity index is 0.000000122. The standard InChI is InChI=1S/2C11H12N2O/c2*14-11-9-6-12-5-8(9)7-3-1-2-4-10(7)13-11/h2*1-4,8-9,12H,5-6H2,(H,13,14)/t2*8-,9+/m10/s1. The van der Waals surface area contributed by atoms with E-state index in [4.69, 9.17) is 0 Å². The molecular formula is C22H24N4O2. The third kappa shape index (κ3) is 2.89. The minimum Gasteiger partial charge on any atom is -0.326 e. The smallest absolute Gasteiger partial charge is 0.229 e. The van der Waals surface area contributed by atoms with Crippen molar-refractivity contribution in [3.63, 3.8) is 0 Å². The Hall–Kier alpha value is -2.70. The molecule has 4 heterocycles. The van der Waals surface area contributed by atoms with Gasteiger partial charge in [-0.2, -0.15) is 0 Å². The van der Waals surface area contributed by atoms with E-state index in [1.807, 2.05) is 36.4 Å². The number of hydrogen-bond acceptors (Lipinski definition) is 4. The second-order valence-corrected chi connectivity index (χ2v) is 7.90. The van der Waals surface area contributed by atoms with E-state index in [0.29, 0.717) is 11.8 Å². The Kier molecular flexibility index (Phi) is 4.37. The van der Waals surface area contributed by atoms with E-state index in [1.165, 1.54) is 11.1 Å². The van der Waals surface area contributed by atoms with Crippen LogP contribution in [-0.4, -0.2) is 38.0 Å². The number of carbonyl (C=O) groups is 2. The van der Waals surface area contributed by atoms with Crippen LogP contribution in [0.4, 0.5) is 11.4 Å². The van der Waals surface area contributed by atoms with E-state index in [0.717, 1.165) is 37.6 Å². The highest BCUT2D eigenvalue weighted by atomic mass is 16.2. The summed E-state index contributed by atoms with van der Waals surface area (Å²) in [7, 11) is 0. The molecule has 28 heavy (non-hydrogen) atoms. The van der Waals surface area contributed by atoms with Gasteiger partial charge < -0.3 is 21.3 Å². The quantitative estimate of drug-likeness (QED) is 0.566. The summed E-state index contributed by atoms with van der Waals surface area (Å²) in [6, 6.07) is 16.2. The Morgan fingerprint density at radius 2 is 0.964 bits per heavy atom. The average Bonchev–Trinajstić information content (AvgIpc) is 3.40. The number of rotatable bonds is 0. The molecule has 4 aliphatic heterocycles. The molecule has 2 aromatic rings. The number of amides is 2. The van der Waals surface area contributed by atoms with Gasteiger partial charge in [-0.3, -0.25) is 9.59 Å². The van der Waals surface area contributed by atoms with Crippen LogP contribution in [0.15, 0.2) is 48.5 Å². The van der Waals surface area contributed by atoms with Crippen molar-refractivity contribution < 1.29 is 9.59 Å². The van der Waals surface area contributed by atoms with Gasteiger partial charge in [-0.05, 0) is 23.3 Å². The molecular weight excluding hydrogens is 352 g/mol. The molecule has 0 saturated carbocycles. The normalized spacial score (nSPS) is 29.3. The predicted molar refractivity (Wildman–Crippen MR) is 108 cm³/mol. The average molecular weight is 376 g/mol. The van der Waals surface area contributed by atoms with Crippen molar-refractivity contribution >= 4 is 23.2 Å².